The Labute approximate surface area is 129 Å². The molecule has 2 atom stereocenters. The molecule has 2 aliphatic heterocycles. The Morgan fingerprint density at radius 2 is 1.76 bits per heavy atom. The molecule has 0 aromatic rings. The van der Waals surface area contributed by atoms with Gasteiger partial charge in [0.05, 0.1) is 24.4 Å². The molecule has 0 radical (unpaired) electrons. The number of morpholine rings is 1. The van der Waals surface area contributed by atoms with Crippen molar-refractivity contribution in [1.82, 2.24) is 10.3 Å². The number of ether oxygens (including phenoxy) is 2. The van der Waals surface area contributed by atoms with E-state index in [1.165, 1.54) is 0 Å². The van der Waals surface area contributed by atoms with Crippen molar-refractivity contribution in [2.24, 2.45) is 11.8 Å². The Hall–Kier alpha value is -0.200. The molecule has 0 saturated carbocycles. The van der Waals surface area contributed by atoms with Gasteiger partial charge in [0, 0.05) is 30.6 Å². The molecule has 2 fully saturated rings. The van der Waals surface area contributed by atoms with Crippen molar-refractivity contribution in [3.05, 3.63) is 0 Å². The number of hydrogen-bond donors (Lipinski definition) is 2. The summed E-state index contributed by atoms with van der Waals surface area (Å²) >= 11 is 0. The number of nitrogens with one attached hydrogen (secondary N) is 1. The van der Waals surface area contributed by atoms with E-state index in [2.05, 4.69) is 51.9 Å². The highest BCUT2D eigenvalue weighted by Crippen LogP contribution is 2.46. The second-order valence-corrected chi connectivity index (χ2v) is 8.17. The fourth-order valence-electron chi connectivity index (χ4n) is 4.27. The van der Waals surface area contributed by atoms with E-state index in [0.717, 1.165) is 32.7 Å². The van der Waals surface area contributed by atoms with Crippen LogP contribution in [0.15, 0.2) is 0 Å². The standard InChI is InChI=1S/C16H33N3O2/c1-14(2)11-12(16(5,6)21-14)13(18-17)15(3,4)19-7-9-20-10-8-19/h12-13,18H,7-11,17H2,1-6H3. The summed E-state index contributed by atoms with van der Waals surface area (Å²) < 4.78 is 11.8. The lowest BCUT2D eigenvalue weighted by Crippen LogP contribution is -2.66. The molecule has 0 aliphatic carbocycles. The summed E-state index contributed by atoms with van der Waals surface area (Å²) in [5, 5.41) is 0. The van der Waals surface area contributed by atoms with E-state index >= 15 is 0 Å². The minimum atomic E-state index is -0.176. The van der Waals surface area contributed by atoms with E-state index in [0.29, 0.717) is 5.92 Å². The van der Waals surface area contributed by atoms with Gasteiger partial charge in [-0.25, -0.2) is 0 Å². The third-order valence-electron chi connectivity index (χ3n) is 5.31. The van der Waals surface area contributed by atoms with Gasteiger partial charge in [0.15, 0.2) is 0 Å². The van der Waals surface area contributed by atoms with Gasteiger partial charge in [-0.1, -0.05) is 0 Å². The van der Waals surface area contributed by atoms with Crippen molar-refractivity contribution < 1.29 is 9.47 Å². The largest absolute Gasteiger partial charge is 0.379 e. The zero-order valence-corrected chi connectivity index (χ0v) is 14.5. The van der Waals surface area contributed by atoms with Gasteiger partial charge in [0.25, 0.3) is 0 Å². The molecule has 2 saturated heterocycles. The third-order valence-corrected chi connectivity index (χ3v) is 5.31. The maximum atomic E-state index is 6.28. The summed E-state index contributed by atoms with van der Waals surface area (Å²) in [7, 11) is 0. The first-order valence-corrected chi connectivity index (χ1v) is 8.09. The Kier molecular flexibility index (Phi) is 4.72. The van der Waals surface area contributed by atoms with Crippen molar-refractivity contribution >= 4 is 0 Å². The Morgan fingerprint density at radius 1 is 1.19 bits per heavy atom. The fourth-order valence-corrected chi connectivity index (χ4v) is 4.27. The molecule has 0 aromatic carbocycles. The second-order valence-electron chi connectivity index (χ2n) is 8.17. The number of nitrogens with zero attached hydrogens (tertiary/aromatic N) is 1. The third kappa shape index (κ3) is 3.42. The minimum Gasteiger partial charge on any atom is -0.379 e. The highest BCUT2D eigenvalue weighted by atomic mass is 16.5. The summed E-state index contributed by atoms with van der Waals surface area (Å²) in [6.07, 6.45) is 1.02. The predicted molar refractivity (Wildman–Crippen MR) is 84.9 cm³/mol. The first-order chi connectivity index (χ1) is 9.60. The smallest absolute Gasteiger partial charge is 0.0678 e. The summed E-state index contributed by atoms with van der Waals surface area (Å²) in [6.45, 7) is 16.8. The maximum absolute atomic E-state index is 6.28. The average molecular weight is 299 g/mol. The van der Waals surface area contributed by atoms with Crippen LogP contribution in [0.5, 0.6) is 0 Å². The summed E-state index contributed by atoms with van der Waals surface area (Å²) in [5.74, 6) is 6.36. The molecule has 0 amide bonds. The van der Waals surface area contributed by atoms with Crippen molar-refractivity contribution in [1.29, 1.82) is 0 Å². The zero-order valence-electron chi connectivity index (χ0n) is 14.5. The van der Waals surface area contributed by atoms with Crippen LogP contribution < -0.4 is 11.3 Å². The summed E-state index contributed by atoms with van der Waals surface area (Å²) in [6, 6.07) is 0.173. The van der Waals surface area contributed by atoms with Crippen LogP contribution in [0.4, 0.5) is 0 Å². The maximum Gasteiger partial charge on any atom is 0.0678 e. The molecule has 0 spiro atoms. The van der Waals surface area contributed by atoms with E-state index in [-0.39, 0.29) is 22.8 Å². The fraction of sp³-hybridized carbons (Fsp3) is 1.00. The van der Waals surface area contributed by atoms with Gasteiger partial charge in [-0.3, -0.25) is 16.2 Å². The molecule has 21 heavy (non-hydrogen) atoms. The first kappa shape index (κ1) is 17.2. The van der Waals surface area contributed by atoms with Crippen molar-refractivity contribution in [2.45, 2.75) is 70.7 Å². The van der Waals surface area contributed by atoms with Gasteiger partial charge < -0.3 is 9.47 Å². The van der Waals surface area contributed by atoms with Gasteiger partial charge in [-0.2, -0.15) is 0 Å². The van der Waals surface area contributed by atoms with Crippen LogP contribution in [-0.2, 0) is 9.47 Å². The molecule has 2 unspecified atom stereocenters. The topological polar surface area (TPSA) is 59.8 Å². The first-order valence-electron chi connectivity index (χ1n) is 8.09. The molecular weight excluding hydrogens is 266 g/mol. The lowest BCUT2D eigenvalue weighted by Gasteiger charge is -2.49. The van der Waals surface area contributed by atoms with E-state index < -0.39 is 0 Å². The van der Waals surface area contributed by atoms with E-state index in [1.807, 2.05) is 0 Å². The van der Waals surface area contributed by atoms with Crippen molar-refractivity contribution in [3.63, 3.8) is 0 Å². The molecular formula is C16H33N3O2. The monoisotopic (exact) mass is 299 g/mol. The number of hydrazine groups is 1. The summed E-state index contributed by atoms with van der Waals surface area (Å²) in [4.78, 5) is 2.49. The van der Waals surface area contributed by atoms with Gasteiger partial charge in [0.2, 0.25) is 0 Å². The lowest BCUT2D eigenvalue weighted by molar-refractivity contribution is -0.0893. The van der Waals surface area contributed by atoms with E-state index in [1.54, 1.807) is 0 Å². The molecule has 3 N–H and O–H groups in total. The molecule has 0 bridgehead atoms. The Bertz CT molecular complexity index is 363. The van der Waals surface area contributed by atoms with Crippen LogP contribution in [-0.4, -0.2) is 54.0 Å². The number of hydrogen-bond acceptors (Lipinski definition) is 5. The Morgan fingerprint density at radius 3 is 2.19 bits per heavy atom. The summed E-state index contributed by atoms with van der Waals surface area (Å²) in [5.41, 5.74) is 2.81. The SMILES string of the molecule is CC1(C)CC(C(NN)C(C)(C)N2CCOCC2)C(C)(C)O1. The van der Waals surface area contributed by atoms with Gasteiger partial charge >= 0.3 is 0 Å². The van der Waals surface area contributed by atoms with Crippen LogP contribution in [0.1, 0.15) is 48.0 Å². The molecule has 124 valence electrons. The van der Waals surface area contributed by atoms with Crippen LogP contribution in [0.3, 0.4) is 0 Å². The normalized spacial score (nSPS) is 31.3. The van der Waals surface area contributed by atoms with Crippen molar-refractivity contribution in [2.75, 3.05) is 26.3 Å². The highest BCUT2D eigenvalue weighted by Gasteiger charge is 2.53. The van der Waals surface area contributed by atoms with Gasteiger partial charge in [-0.15, -0.1) is 0 Å². The minimum absolute atomic E-state index is 0.0375. The Balaban J connectivity index is 2.21. The van der Waals surface area contributed by atoms with Gasteiger partial charge in [-0.05, 0) is 48.0 Å². The van der Waals surface area contributed by atoms with Crippen LogP contribution in [0, 0.1) is 5.92 Å². The van der Waals surface area contributed by atoms with Crippen LogP contribution in [0.2, 0.25) is 0 Å². The van der Waals surface area contributed by atoms with Crippen LogP contribution >= 0.6 is 0 Å². The average Bonchev–Trinajstić information content (AvgIpc) is 2.59. The molecule has 2 aliphatic rings. The van der Waals surface area contributed by atoms with Gasteiger partial charge in [0.1, 0.15) is 0 Å². The molecule has 2 rings (SSSR count). The highest BCUT2D eigenvalue weighted by molar-refractivity contribution is 5.06. The lowest BCUT2D eigenvalue weighted by atomic mass is 9.74. The molecule has 0 aromatic heterocycles. The zero-order chi connectivity index (χ0) is 15.9. The van der Waals surface area contributed by atoms with Crippen molar-refractivity contribution in [3.8, 4) is 0 Å². The number of rotatable bonds is 4. The molecule has 5 nitrogen and oxygen atoms in total. The number of nitrogens with two attached hydrogens (primary N) is 1. The quantitative estimate of drug-likeness (QED) is 0.609. The van der Waals surface area contributed by atoms with E-state index in [4.69, 9.17) is 15.3 Å². The predicted octanol–water partition coefficient (Wildman–Crippen LogP) is 1.52. The molecule has 2 heterocycles. The second kappa shape index (κ2) is 5.78. The molecule has 5 heteroatoms. The van der Waals surface area contributed by atoms with E-state index in [9.17, 15) is 0 Å². The van der Waals surface area contributed by atoms with Crippen LogP contribution in [0.25, 0.3) is 0 Å².